The Bertz CT molecular complexity index is 779. The molecule has 0 radical (unpaired) electrons. The van der Waals surface area contributed by atoms with Crippen molar-refractivity contribution in [2.75, 3.05) is 0 Å². The summed E-state index contributed by atoms with van der Waals surface area (Å²) in [5.74, 6) is -2.11. The van der Waals surface area contributed by atoms with Crippen LogP contribution in [-0.4, -0.2) is 24.5 Å². The quantitative estimate of drug-likeness (QED) is 0.612. The summed E-state index contributed by atoms with van der Waals surface area (Å²) >= 11 is 0. The lowest BCUT2D eigenvalue weighted by atomic mass is 9.85. The van der Waals surface area contributed by atoms with Gasteiger partial charge in [-0.1, -0.05) is 29.8 Å². The number of imide groups is 1. The van der Waals surface area contributed by atoms with Crippen molar-refractivity contribution < 1.29 is 18.0 Å². The molecule has 4 rings (SSSR count). The summed E-state index contributed by atoms with van der Waals surface area (Å²) in [6.45, 7) is 1.84. The van der Waals surface area contributed by atoms with Crippen LogP contribution in [0, 0.1) is 30.6 Å². The van der Waals surface area contributed by atoms with E-state index in [0.29, 0.717) is 4.31 Å². The zero-order valence-corrected chi connectivity index (χ0v) is 12.8. The third kappa shape index (κ3) is 1.61. The van der Waals surface area contributed by atoms with Crippen molar-refractivity contribution in [3.63, 3.8) is 0 Å². The highest BCUT2D eigenvalue weighted by atomic mass is 32.2. The van der Waals surface area contributed by atoms with Gasteiger partial charge in [0, 0.05) is 0 Å². The highest BCUT2D eigenvalue weighted by Gasteiger charge is 2.62. The zero-order chi connectivity index (χ0) is 15.6. The molecule has 6 heteroatoms. The smallest absolute Gasteiger partial charge is 0.273 e. The van der Waals surface area contributed by atoms with Crippen LogP contribution >= 0.6 is 0 Å². The minimum absolute atomic E-state index is 0.00432. The van der Waals surface area contributed by atoms with E-state index in [-0.39, 0.29) is 16.7 Å². The number of aryl methyl sites for hydroxylation is 1. The Morgan fingerprint density at radius 2 is 1.45 bits per heavy atom. The lowest BCUT2D eigenvalue weighted by molar-refractivity contribution is -0.134. The maximum Gasteiger partial charge on any atom is 0.273 e. The number of carbonyl (C=O) groups is 2. The van der Waals surface area contributed by atoms with Crippen LogP contribution in [0.25, 0.3) is 0 Å². The van der Waals surface area contributed by atoms with Crippen LogP contribution in [0.15, 0.2) is 41.3 Å². The first-order valence-corrected chi connectivity index (χ1v) is 8.73. The van der Waals surface area contributed by atoms with Crippen LogP contribution in [0.2, 0.25) is 0 Å². The van der Waals surface area contributed by atoms with Gasteiger partial charge in [0.2, 0.25) is 11.8 Å². The van der Waals surface area contributed by atoms with Gasteiger partial charge in [-0.15, -0.1) is 0 Å². The largest absolute Gasteiger partial charge is 0.273 e. The van der Waals surface area contributed by atoms with Crippen LogP contribution < -0.4 is 0 Å². The highest BCUT2D eigenvalue weighted by molar-refractivity contribution is 7.90. The number of hydrogen-bond donors (Lipinski definition) is 0. The average molecular weight is 317 g/mol. The third-order valence-corrected chi connectivity index (χ3v) is 6.70. The molecule has 2 amide bonds. The first-order valence-electron chi connectivity index (χ1n) is 7.29. The van der Waals surface area contributed by atoms with Crippen LogP contribution in [0.3, 0.4) is 0 Å². The van der Waals surface area contributed by atoms with E-state index in [2.05, 4.69) is 0 Å². The van der Waals surface area contributed by atoms with Crippen LogP contribution in [-0.2, 0) is 19.6 Å². The molecule has 0 aromatic heterocycles. The van der Waals surface area contributed by atoms with E-state index in [4.69, 9.17) is 0 Å². The molecule has 2 bridgehead atoms. The van der Waals surface area contributed by atoms with Crippen molar-refractivity contribution in [3.8, 4) is 0 Å². The summed E-state index contributed by atoms with van der Waals surface area (Å²) in [6, 6.07) is 6.19. The van der Waals surface area contributed by atoms with Gasteiger partial charge in [0.1, 0.15) is 0 Å². The second kappa shape index (κ2) is 4.29. The van der Waals surface area contributed by atoms with Crippen molar-refractivity contribution in [1.29, 1.82) is 0 Å². The Labute approximate surface area is 128 Å². The molecule has 1 aromatic rings. The topological polar surface area (TPSA) is 71.5 Å². The Hall–Kier alpha value is -1.95. The van der Waals surface area contributed by atoms with Gasteiger partial charge in [0.25, 0.3) is 10.0 Å². The molecular weight excluding hydrogens is 302 g/mol. The fourth-order valence-electron chi connectivity index (χ4n) is 3.93. The monoisotopic (exact) mass is 317 g/mol. The predicted octanol–water partition coefficient (Wildman–Crippen LogP) is 1.49. The molecule has 4 atom stereocenters. The lowest BCUT2D eigenvalue weighted by Gasteiger charge is -2.17. The third-order valence-electron chi connectivity index (χ3n) is 4.99. The van der Waals surface area contributed by atoms with Crippen LogP contribution in [0.5, 0.6) is 0 Å². The van der Waals surface area contributed by atoms with Crippen molar-refractivity contribution in [2.45, 2.75) is 18.2 Å². The molecule has 1 heterocycles. The van der Waals surface area contributed by atoms with Gasteiger partial charge < -0.3 is 0 Å². The molecule has 22 heavy (non-hydrogen) atoms. The number of sulfonamides is 1. The highest BCUT2D eigenvalue weighted by Crippen LogP contribution is 2.53. The minimum Gasteiger partial charge on any atom is -0.273 e. The van der Waals surface area contributed by atoms with Crippen molar-refractivity contribution in [2.24, 2.45) is 23.7 Å². The lowest BCUT2D eigenvalue weighted by Crippen LogP contribution is -2.38. The van der Waals surface area contributed by atoms with E-state index in [9.17, 15) is 18.0 Å². The SMILES string of the molecule is Cc1ccc(S(=O)(=O)N2C(=O)C3C4C=CC(C4)C3C2=O)cc1. The Kier molecular flexibility index (Phi) is 2.67. The summed E-state index contributed by atoms with van der Waals surface area (Å²) in [4.78, 5) is 25.1. The predicted molar refractivity (Wildman–Crippen MR) is 77.9 cm³/mol. The van der Waals surface area contributed by atoms with E-state index >= 15 is 0 Å². The van der Waals surface area contributed by atoms with Gasteiger partial charge in [0.15, 0.2) is 0 Å². The number of amides is 2. The molecule has 4 unspecified atom stereocenters. The van der Waals surface area contributed by atoms with E-state index in [1.807, 2.05) is 19.1 Å². The molecule has 0 N–H and O–H groups in total. The molecule has 5 nitrogen and oxygen atoms in total. The molecule has 1 saturated heterocycles. The van der Waals surface area contributed by atoms with E-state index in [0.717, 1.165) is 12.0 Å². The van der Waals surface area contributed by atoms with Crippen molar-refractivity contribution in [1.82, 2.24) is 4.31 Å². The van der Waals surface area contributed by atoms with Gasteiger partial charge in [-0.3, -0.25) is 9.59 Å². The van der Waals surface area contributed by atoms with Gasteiger partial charge >= 0.3 is 0 Å². The molecule has 3 aliphatic rings. The van der Waals surface area contributed by atoms with Gasteiger partial charge in [-0.25, -0.2) is 8.42 Å². The van der Waals surface area contributed by atoms with Gasteiger partial charge in [-0.2, -0.15) is 4.31 Å². The molecule has 2 aliphatic carbocycles. The number of fused-ring (bicyclic) bond motifs is 5. The first kappa shape index (κ1) is 13.7. The molecule has 2 fully saturated rings. The molecular formula is C16H15NO4S. The van der Waals surface area contributed by atoms with Gasteiger partial charge in [-0.05, 0) is 37.3 Å². The number of hydrogen-bond acceptors (Lipinski definition) is 4. The molecule has 114 valence electrons. The Morgan fingerprint density at radius 3 is 1.95 bits per heavy atom. The molecule has 1 aliphatic heterocycles. The summed E-state index contributed by atoms with van der Waals surface area (Å²) in [6.07, 6.45) is 4.67. The Balaban J connectivity index is 1.76. The number of allylic oxidation sites excluding steroid dienone is 2. The summed E-state index contributed by atoms with van der Waals surface area (Å²) < 4.78 is 25.9. The number of benzene rings is 1. The second-order valence-electron chi connectivity index (χ2n) is 6.26. The number of rotatable bonds is 2. The van der Waals surface area contributed by atoms with E-state index in [1.165, 1.54) is 12.1 Å². The standard InChI is InChI=1S/C16H15NO4S/c1-9-2-6-12(7-3-9)22(20,21)17-15(18)13-10-4-5-11(8-10)14(13)16(17)19/h2-7,10-11,13-14H,8H2,1H3. The molecule has 1 aromatic carbocycles. The van der Waals surface area contributed by atoms with Crippen LogP contribution in [0.1, 0.15) is 12.0 Å². The molecule has 0 spiro atoms. The minimum atomic E-state index is -4.11. The second-order valence-corrected chi connectivity index (χ2v) is 8.05. The first-order chi connectivity index (χ1) is 10.4. The fraction of sp³-hybridized carbons (Fsp3) is 0.375. The average Bonchev–Trinajstić information content (AvgIpc) is 3.13. The maximum absolute atomic E-state index is 12.7. The van der Waals surface area contributed by atoms with E-state index in [1.54, 1.807) is 12.1 Å². The summed E-state index contributed by atoms with van der Waals surface area (Å²) in [5.41, 5.74) is 0.914. The fourth-order valence-corrected chi connectivity index (χ4v) is 5.34. The maximum atomic E-state index is 12.7. The Morgan fingerprint density at radius 1 is 0.955 bits per heavy atom. The number of nitrogens with zero attached hydrogens (tertiary/aromatic N) is 1. The normalized spacial score (nSPS) is 32.9. The van der Waals surface area contributed by atoms with Crippen LogP contribution in [0.4, 0.5) is 0 Å². The summed E-state index contributed by atoms with van der Waals surface area (Å²) in [5, 5.41) is 0. The van der Waals surface area contributed by atoms with Crippen molar-refractivity contribution in [3.05, 3.63) is 42.0 Å². The zero-order valence-electron chi connectivity index (χ0n) is 12.0. The van der Waals surface area contributed by atoms with E-state index < -0.39 is 33.7 Å². The number of carbonyl (C=O) groups excluding carboxylic acids is 2. The van der Waals surface area contributed by atoms with Gasteiger partial charge in [0.05, 0.1) is 16.7 Å². The molecule has 1 saturated carbocycles. The summed E-state index contributed by atoms with van der Waals surface area (Å²) in [7, 11) is -4.11. The van der Waals surface area contributed by atoms with Crippen molar-refractivity contribution >= 4 is 21.8 Å².